The molecule has 1 nitrogen and oxygen atoms in total. The SMILES string of the molecule is c1coc(-c2ccc3cc2-3)c1. The van der Waals surface area contributed by atoms with E-state index in [1.54, 1.807) is 6.26 Å². The van der Waals surface area contributed by atoms with Crippen LogP contribution in [0.5, 0.6) is 0 Å². The molecule has 2 aliphatic rings. The Kier molecular flexibility index (Phi) is 0.737. The molecular weight excluding hydrogens is 136 g/mol. The molecular formula is C10H6O. The summed E-state index contributed by atoms with van der Waals surface area (Å²) < 4.78 is 5.27. The molecule has 0 atom stereocenters. The van der Waals surface area contributed by atoms with Crippen LogP contribution in [0.15, 0.2) is 41.0 Å². The molecule has 0 amide bonds. The zero-order valence-corrected chi connectivity index (χ0v) is 5.87. The maximum Gasteiger partial charge on any atom is 0.134 e. The summed E-state index contributed by atoms with van der Waals surface area (Å²) in [7, 11) is 0. The van der Waals surface area contributed by atoms with Crippen molar-refractivity contribution in [1.82, 2.24) is 0 Å². The Bertz CT molecular complexity index is 399. The third-order valence-corrected chi connectivity index (χ3v) is 2.03. The summed E-state index contributed by atoms with van der Waals surface area (Å²) in [5.41, 5.74) is 3.93. The van der Waals surface area contributed by atoms with E-state index in [9.17, 15) is 0 Å². The van der Waals surface area contributed by atoms with Crippen LogP contribution >= 0.6 is 0 Å². The highest BCUT2D eigenvalue weighted by Crippen LogP contribution is 2.43. The number of hydrogen-bond donors (Lipinski definition) is 0. The molecule has 0 fully saturated rings. The van der Waals surface area contributed by atoms with Crippen molar-refractivity contribution in [2.75, 3.05) is 0 Å². The van der Waals surface area contributed by atoms with E-state index in [-0.39, 0.29) is 0 Å². The van der Waals surface area contributed by atoms with Crippen LogP contribution in [0.3, 0.4) is 0 Å². The Morgan fingerprint density at radius 2 is 2.00 bits per heavy atom. The first-order valence-electron chi connectivity index (χ1n) is 3.63. The van der Waals surface area contributed by atoms with E-state index in [2.05, 4.69) is 18.2 Å². The van der Waals surface area contributed by atoms with Gasteiger partial charge in [-0.2, -0.15) is 0 Å². The van der Waals surface area contributed by atoms with Gasteiger partial charge in [0.05, 0.1) is 6.26 Å². The predicted molar refractivity (Wildman–Crippen MR) is 43.1 cm³/mol. The van der Waals surface area contributed by atoms with Crippen molar-refractivity contribution >= 4 is 0 Å². The van der Waals surface area contributed by atoms with Gasteiger partial charge in [-0.1, -0.05) is 6.07 Å². The minimum Gasteiger partial charge on any atom is -0.464 e. The molecule has 0 aromatic carbocycles. The van der Waals surface area contributed by atoms with Crippen molar-refractivity contribution in [3.8, 4) is 22.5 Å². The van der Waals surface area contributed by atoms with Gasteiger partial charge in [0.2, 0.25) is 0 Å². The van der Waals surface area contributed by atoms with Crippen LogP contribution in [0.2, 0.25) is 0 Å². The molecule has 2 aliphatic carbocycles. The second-order valence-electron chi connectivity index (χ2n) is 2.74. The molecule has 52 valence electrons. The van der Waals surface area contributed by atoms with Gasteiger partial charge in [0, 0.05) is 5.56 Å². The van der Waals surface area contributed by atoms with E-state index in [4.69, 9.17) is 4.42 Å². The average Bonchev–Trinajstić information content (AvgIpc) is 2.54. The predicted octanol–water partition coefficient (Wildman–Crippen LogP) is 2.93. The number of rotatable bonds is 1. The molecule has 11 heavy (non-hydrogen) atoms. The Balaban J connectivity index is 2.21. The largest absolute Gasteiger partial charge is 0.464 e. The number of fused-ring (bicyclic) bond motifs is 1. The van der Waals surface area contributed by atoms with Crippen molar-refractivity contribution in [1.29, 1.82) is 0 Å². The van der Waals surface area contributed by atoms with E-state index < -0.39 is 0 Å². The van der Waals surface area contributed by atoms with Gasteiger partial charge in [-0.15, -0.1) is 0 Å². The zero-order valence-electron chi connectivity index (χ0n) is 5.87. The standard InChI is InChI=1S/C10H6O/c1-2-10(11-5-1)8-4-3-7-6-9(7)8/h1-6H. The molecule has 0 saturated carbocycles. The summed E-state index contributed by atoms with van der Waals surface area (Å²) in [6, 6.07) is 10.3. The van der Waals surface area contributed by atoms with Crippen molar-refractivity contribution < 1.29 is 4.42 Å². The Hall–Kier alpha value is -1.50. The molecule has 3 rings (SSSR count). The van der Waals surface area contributed by atoms with Crippen LogP contribution in [0.25, 0.3) is 22.5 Å². The number of furan rings is 1. The lowest BCUT2D eigenvalue weighted by molar-refractivity contribution is 0.583. The maximum atomic E-state index is 5.27. The lowest BCUT2D eigenvalue weighted by Crippen LogP contribution is -1.63. The van der Waals surface area contributed by atoms with Gasteiger partial charge in [-0.3, -0.25) is 0 Å². The fourth-order valence-corrected chi connectivity index (χ4v) is 1.40. The lowest BCUT2D eigenvalue weighted by Gasteiger charge is -1.88. The molecule has 0 bridgehead atoms. The van der Waals surface area contributed by atoms with E-state index in [1.807, 2.05) is 12.1 Å². The molecule has 0 spiro atoms. The summed E-state index contributed by atoms with van der Waals surface area (Å²) in [5, 5.41) is 0. The molecule has 0 N–H and O–H groups in total. The number of benzene rings is 1. The summed E-state index contributed by atoms with van der Waals surface area (Å²) in [5.74, 6) is 0.972. The first kappa shape index (κ1) is 5.19. The molecule has 1 aromatic heterocycles. The van der Waals surface area contributed by atoms with Crippen LogP contribution in [-0.4, -0.2) is 0 Å². The van der Waals surface area contributed by atoms with Gasteiger partial charge >= 0.3 is 0 Å². The van der Waals surface area contributed by atoms with E-state index >= 15 is 0 Å². The van der Waals surface area contributed by atoms with Crippen LogP contribution in [0.4, 0.5) is 0 Å². The fourth-order valence-electron chi connectivity index (χ4n) is 1.40. The normalized spacial score (nSPS) is 11.6. The van der Waals surface area contributed by atoms with Gasteiger partial charge in [-0.05, 0) is 35.4 Å². The van der Waals surface area contributed by atoms with Crippen LogP contribution in [0, 0.1) is 0 Å². The molecule has 0 radical (unpaired) electrons. The maximum absolute atomic E-state index is 5.27. The third kappa shape index (κ3) is 0.598. The highest BCUT2D eigenvalue weighted by molar-refractivity contribution is 5.94. The van der Waals surface area contributed by atoms with Gasteiger partial charge < -0.3 is 4.42 Å². The fraction of sp³-hybridized carbons (Fsp3) is 0. The average molecular weight is 142 g/mol. The van der Waals surface area contributed by atoms with Gasteiger partial charge in [0.25, 0.3) is 0 Å². The molecule has 1 heteroatoms. The van der Waals surface area contributed by atoms with Gasteiger partial charge in [-0.25, -0.2) is 0 Å². The van der Waals surface area contributed by atoms with E-state index in [0.29, 0.717) is 0 Å². The van der Waals surface area contributed by atoms with Crippen molar-refractivity contribution in [3.05, 3.63) is 36.6 Å². The van der Waals surface area contributed by atoms with Crippen molar-refractivity contribution in [3.63, 3.8) is 0 Å². The third-order valence-electron chi connectivity index (χ3n) is 2.03. The summed E-state index contributed by atoms with van der Waals surface area (Å²) >= 11 is 0. The minimum absolute atomic E-state index is 0.972. The smallest absolute Gasteiger partial charge is 0.134 e. The Labute approximate surface area is 64.3 Å². The molecule has 1 heterocycles. The topological polar surface area (TPSA) is 13.1 Å². The van der Waals surface area contributed by atoms with Gasteiger partial charge in [0.15, 0.2) is 0 Å². The van der Waals surface area contributed by atoms with E-state index in [0.717, 1.165) is 5.76 Å². The summed E-state index contributed by atoms with van der Waals surface area (Å²) in [6.07, 6.45) is 1.71. The molecule has 0 unspecified atom stereocenters. The van der Waals surface area contributed by atoms with Crippen molar-refractivity contribution in [2.24, 2.45) is 0 Å². The first-order chi connectivity index (χ1) is 5.45. The minimum atomic E-state index is 0.972. The first-order valence-corrected chi connectivity index (χ1v) is 3.63. The van der Waals surface area contributed by atoms with Gasteiger partial charge in [0.1, 0.15) is 5.76 Å². The Morgan fingerprint density at radius 3 is 2.55 bits per heavy atom. The lowest BCUT2D eigenvalue weighted by atomic mass is 10.2. The highest BCUT2D eigenvalue weighted by atomic mass is 16.3. The van der Waals surface area contributed by atoms with Crippen LogP contribution in [-0.2, 0) is 0 Å². The van der Waals surface area contributed by atoms with Crippen LogP contribution < -0.4 is 0 Å². The monoisotopic (exact) mass is 142 g/mol. The second kappa shape index (κ2) is 1.56. The Morgan fingerprint density at radius 1 is 1.00 bits per heavy atom. The van der Waals surface area contributed by atoms with Crippen molar-refractivity contribution in [2.45, 2.75) is 0 Å². The molecule has 1 aromatic rings. The summed E-state index contributed by atoms with van der Waals surface area (Å²) in [6.45, 7) is 0. The highest BCUT2D eigenvalue weighted by Gasteiger charge is 2.19. The quantitative estimate of drug-likeness (QED) is 0.509. The second-order valence-corrected chi connectivity index (χ2v) is 2.74. The zero-order chi connectivity index (χ0) is 7.26. The molecule has 0 aliphatic heterocycles. The van der Waals surface area contributed by atoms with Crippen LogP contribution in [0.1, 0.15) is 0 Å². The molecule has 0 saturated heterocycles. The number of hydrogen-bond acceptors (Lipinski definition) is 1. The summed E-state index contributed by atoms with van der Waals surface area (Å²) in [4.78, 5) is 0. The van der Waals surface area contributed by atoms with E-state index in [1.165, 1.54) is 16.7 Å².